The Morgan fingerprint density at radius 3 is 2.36 bits per heavy atom. The van der Waals surface area contributed by atoms with Crippen molar-refractivity contribution in [3.63, 3.8) is 0 Å². The van der Waals surface area contributed by atoms with Crippen molar-refractivity contribution < 1.29 is 13.2 Å². The number of carbonyl (C=O) groups excluding carboxylic acids is 1. The van der Waals surface area contributed by atoms with Gasteiger partial charge in [-0.1, -0.05) is 49.6 Å². The third-order valence-corrected chi connectivity index (χ3v) is 7.16. The molecule has 0 spiro atoms. The van der Waals surface area contributed by atoms with Crippen molar-refractivity contribution in [3.05, 3.63) is 35.9 Å². The van der Waals surface area contributed by atoms with E-state index in [1.54, 1.807) is 4.31 Å². The van der Waals surface area contributed by atoms with Gasteiger partial charge in [0.1, 0.15) is 0 Å². The summed E-state index contributed by atoms with van der Waals surface area (Å²) in [5.41, 5.74) is 0.807. The number of rotatable bonds is 4. The summed E-state index contributed by atoms with van der Waals surface area (Å²) < 4.78 is 27.0. The molecule has 3 rings (SSSR count). The van der Waals surface area contributed by atoms with E-state index in [0.29, 0.717) is 32.6 Å². The normalized spacial score (nSPS) is 21.0. The van der Waals surface area contributed by atoms with E-state index < -0.39 is 10.0 Å². The maximum atomic E-state index is 12.7. The number of amides is 1. The molecule has 0 bridgehead atoms. The van der Waals surface area contributed by atoms with Crippen LogP contribution in [0.5, 0.6) is 0 Å². The molecule has 1 aromatic carbocycles. The van der Waals surface area contributed by atoms with E-state index in [-0.39, 0.29) is 17.6 Å². The molecule has 0 N–H and O–H groups in total. The zero-order valence-electron chi connectivity index (χ0n) is 14.8. The molecule has 1 saturated heterocycles. The quantitative estimate of drug-likeness (QED) is 0.825. The summed E-state index contributed by atoms with van der Waals surface area (Å²) in [6.45, 7) is 2.10. The average Bonchev–Trinajstić information content (AvgIpc) is 2.89. The number of hydrogen-bond acceptors (Lipinski definition) is 3. The molecular formula is C19H28N2O3S. The van der Waals surface area contributed by atoms with Gasteiger partial charge in [0.2, 0.25) is 15.9 Å². The molecule has 1 amide bonds. The average molecular weight is 365 g/mol. The highest BCUT2D eigenvalue weighted by atomic mass is 32.2. The predicted molar refractivity (Wildman–Crippen MR) is 98.4 cm³/mol. The topological polar surface area (TPSA) is 57.7 Å². The first-order valence-electron chi connectivity index (χ1n) is 9.37. The Kier molecular flexibility index (Phi) is 6.12. The molecule has 0 atom stereocenters. The van der Waals surface area contributed by atoms with Gasteiger partial charge >= 0.3 is 0 Å². The summed E-state index contributed by atoms with van der Waals surface area (Å²) in [7, 11) is -3.34. The van der Waals surface area contributed by atoms with Gasteiger partial charge in [-0.25, -0.2) is 8.42 Å². The molecule has 1 aliphatic carbocycles. The Bertz CT molecular complexity index is 669. The first-order valence-corrected chi connectivity index (χ1v) is 11.0. The van der Waals surface area contributed by atoms with Gasteiger partial charge in [-0.2, -0.15) is 4.31 Å². The van der Waals surface area contributed by atoms with E-state index in [0.717, 1.165) is 31.2 Å². The van der Waals surface area contributed by atoms with Crippen LogP contribution < -0.4 is 0 Å². The summed E-state index contributed by atoms with van der Waals surface area (Å²) in [4.78, 5) is 14.6. The van der Waals surface area contributed by atoms with Crippen molar-refractivity contribution in [2.24, 2.45) is 5.92 Å². The van der Waals surface area contributed by atoms with Gasteiger partial charge in [-0.05, 0) is 24.8 Å². The molecule has 6 heteroatoms. The molecule has 1 saturated carbocycles. The van der Waals surface area contributed by atoms with Gasteiger partial charge in [0.05, 0.1) is 5.75 Å². The smallest absolute Gasteiger partial charge is 0.225 e. The molecule has 1 aromatic rings. The van der Waals surface area contributed by atoms with Crippen LogP contribution in [0, 0.1) is 5.92 Å². The summed E-state index contributed by atoms with van der Waals surface area (Å²) in [6.07, 6.45) is 6.21. The van der Waals surface area contributed by atoms with Crippen molar-refractivity contribution in [2.45, 2.75) is 44.3 Å². The van der Waals surface area contributed by atoms with Crippen molar-refractivity contribution in [1.82, 2.24) is 9.21 Å². The molecule has 0 aromatic heterocycles. The molecule has 2 fully saturated rings. The summed E-state index contributed by atoms with van der Waals surface area (Å²) >= 11 is 0. The lowest BCUT2D eigenvalue weighted by atomic mass is 9.88. The zero-order chi connectivity index (χ0) is 17.7. The maximum Gasteiger partial charge on any atom is 0.225 e. The van der Waals surface area contributed by atoms with Crippen LogP contribution >= 0.6 is 0 Å². The maximum absolute atomic E-state index is 12.7. The Hall–Kier alpha value is -1.40. The van der Waals surface area contributed by atoms with Crippen LogP contribution in [0.3, 0.4) is 0 Å². The van der Waals surface area contributed by atoms with Gasteiger partial charge in [-0.15, -0.1) is 0 Å². The second kappa shape index (κ2) is 8.32. The Morgan fingerprint density at radius 1 is 0.920 bits per heavy atom. The second-order valence-electron chi connectivity index (χ2n) is 7.15. The lowest BCUT2D eigenvalue weighted by molar-refractivity contribution is -0.136. The van der Waals surface area contributed by atoms with Gasteiger partial charge in [-0.3, -0.25) is 4.79 Å². The molecule has 25 heavy (non-hydrogen) atoms. The van der Waals surface area contributed by atoms with Gasteiger partial charge in [0, 0.05) is 32.1 Å². The van der Waals surface area contributed by atoms with Crippen LogP contribution in [0.4, 0.5) is 0 Å². The van der Waals surface area contributed by atoms with Gasteiger partial charge in [0.25, 0.3) is 0 Å². The molecule has 2 aliphatic rings. The highest BCUT2D eigenvalue weighted by molar-refractivity contribution is 7.88. The highest BCUT2D eigenvalue weighted by Crippen LogP contribution is 2.26. The molecule has 1 aliphatic heterocycles. The van der Waals surface area contributed by atoms with E-state index in [1.165, 1.54) is 6.42 Å². The Morgan fingerprint density at radius 2 is 1.64 bits per heavy atom. The molecule has 138 valence electrons. The third kappa shape index (κ3) is 4.82. The van der Waals surface area contributed by atoms with Crippen molar-refractivity contribution in [3.8, 4) is 0 Å². The fourth-order valence-electron chi connectivity index (χ4n) is 3.88. The third-order valence-electron chi connectivity index (χ3n) is 5.31. The number of sulfonamides is 1. The highest BCUT2D eigenvalue weighted by Gasteiger charge is 2.30. The van der Waals surface area contributed by atoms with Crippen LogP contribution in [0.1, 0.15) is 44.1 Å². The van der Waals surface area contributed by atoms with E-state index >= 15 is 0 Å². The Balaban J connectivity index is 1.60. The van der Waals surface area contributed by atoms with Crippen molar-refractivity contribution in [2.75, 3.05) is 26.2 Å². The van der Waals surface area contributed by atoms with E-state index in [2.05, 4.69) is 0 Å². The van der Waals surface area contributed by atoms with Gasteiger partial charge in [0.15, 0.2) is 0 Å². The minimum atomic E-state index is -3.34. The van der Waals surface area contributed by atoms with Gasteiger partial charge < -0.3 is 4.90 Å². The van der Waals surface area contributed by atoms with Crippen LogP contribution in [-0.2, 0) is 20.6 Å². The van der Waals surface area contributed by atoms with Crippen LogP contribution in [0.2, 0.25) is 0 Å². The van der Waals surface area contributed by atoms with Crippen molar-refractivity contribution in [1.29, 1.82) is 0 Å². The SMILES string of the molecule is O=C(C1CCCCC1)N1CCCN(S(=O)(=O)Cc2ccccc2)CC1. The fraction of sp³-hybridized carbons (Fsp3) is 0.632. The number of benzene rings is 1. The summed E-state index contributed by atoms with van der Waals surface area (Å²) in [5, 5.41) is 0. The largest absolute Gasteiger partial charge is 0.341 e. The van der Waals surface area contributed by atoms with Crippen molar-refractivity contribution >= 4 is 15.9 Å². The summed E-state index contributed by atoms with van der Waals surface area (Å²) in [5.74, 6) is 0.424. The predicted octanol–water partition coefficient (Wildman–Crippen LogP) is 2.63. The standard InChI is InChI=1S/C19H28N2O3S/c22-19(18-10-5-2-6-11-18)20-12-7-13-21(15-14-20)25(23,24)16-17-8-3-1-4-9-17/h1,3-4,8-9,18H,2,5-7,10-16H2. The first kappa shape index (κ1) is 18.4. The van der Waals surface area contributed by atoms with E-state index in [4.69, 9.17) is 0 Å². The Labute approximate surface area is 151 Å². The monoisotopic (exact) mass is 364 g/mol. The van der Waals surface area contributed by atoms with Crippen LogP contribution in [0.15, 0.2) is 30.3 Å². The lowest BCUT2D eigenvalue weighted by Gasteiger charge is -2.28. The lowest BCUT2D eigenvalue weighted by Crippen LogP contribution is -2.40. The second-order valence-corrected chi connectivity index (χ2v) is 9.12. The van der Waals surface area contributed by atoms with E-state index in [9.17, 15) is 13.2 Å². The molecule has 1 heterocycles. The molecular weight excluding hydrogens is 336 g/mol. The number of nitrogens with zero attached hydrogens (tertiary/aromatic N) is 2. The minimum absolute atomic E-state index is 0.0322. The zero-order valence-corrected chi connectivity index (χ0v) is 15.6. The molecule has 5 nitrogen and oxygen atoms in total. The molecule has 0 unspecified atom stereocenters. The van der Waals surface area contributed by atoms with Crippen LogP contribution in [-0.4, -0.2) is 49.7 Å². The fourth-order valence-corrected chi connectivity index (χ4v) is 5.44. The van der Waals surface area contributed by atoms with Crippen LogP contribution in [0.25, 0.3) is 0 Å². The number of carbonyl (C=O) groups is 1. The molecule has 0 radical (unpaired) electrons. The number of hydrogen-bond donors (Lipinski definition) is 0. The first-order chi connectivity index (χ1) is 12.1. The van der Waals surface area contributed by atoms with E-state index in [1.807, 2.05) is 35.2 Å². The minimum Gasteiger partial charge on any atom is -0.341 e. The summed E-state index contributed by atoms with van der Waals surface area (Å²) in [6, 6.07) is 9.29.